The van der Waals surface area contributed by atoms with Gasteiger partial charge in [0, 0.05) is 42.8 Å². The fraction of sp³-hybridized carbons (Fsp3) is 0.310. The Labute approximate surface area is 216 Å². The molecule has 0 bridgehead atoms. The summed E-state index contributed by atoms with van der Waals surface area (Å²) >= 11 is 0. The first-order valence-corrected chi connectivity index (χ1v) is 12.6. The molecule has 4 rings (SSSR count). The first-order chi connectivity index (χ1) is 18.0. The molecule has 0 spiro atoms. The second-order valence-corrected chi connectivity index (χ2v) is 9.20. The third-order valence-electron chi connectivity index (χ3n) is 6.44. The predicted molar refractivity (Wildman–Crippen MR) is 141 cm³/mol. The minimum Gasteiger partial charge on any atom is -0.481 e. The lowest BCUT2D eigenvalue weighted by Gasteiger charge is -2.24. The largest absolute Gasteiger partial charge is 0.481 e. The number of hydrogen-bond donors (Lipinski definition) is 3. The van der Waals surface area contributed by atoms with Crippen LogP contribution < -0.4 is 10.6 Å². The lowest BCUT2D eigenvalue weighted by molar-refractivity contribution is -0.141. The molecule has 0 saturated heterocycles. The highest BCUT2D eigenvalue weighted by Gasteiger charge is 2.31. The lowest BCUT2D eigenvalue weighted by atomic mass is 10.1. The number of aliphatic carboxylic acids is 1. The van der Waals surface area contributed by atoms with Gasteiger partial charge in [0.25, 0.3) is 5.91 Å². The number of carboxylic acids is 1. The number of carboxylic acid groups (broad SMARTS) is 1. The number of carbonyl (C=O) groups is 3. The van der Waals surface area contributed by atoms with Crippen molar-refractivity contribution < 1.29 is 19.5 Å². The molecular formula is C29H32N4O4. The van der Waals surface area contributed by atoms with Crippen LogP contribution in [0.5, 0.6) is 0 Å². The van der Waals surface area contributed by atoms with Gasteiger partial charge in [0.15, 0.2) is 0 Å². The molecule has 2 amide bonds. The summed E-state index contributed by atoms with van der Waals surface area (Å²) < 4.78 is 0. The molecule has 1 aliphatic rings. The van der Waals surface area contributed by atoms with Crippen LogP contribution in [0, 0.1) is 0 Å². The maximum Gasteiger partial charge on any atom is 0.305 e. The van der Waals surface area contributed by atoms with Crippen molar-refractivity contribution >= 4 is 23.5 Å². The van der Waals surface area contributed by atoms with Gasteiger partial charge in [-0.05, 0) is 61.1 Å². The SMILES string of the molecule is O=C(O)C[C@H]1Nc2cc(C(=O)NCCCCc3ccccn3)ccc2CN(CCc2ccccc2)C1=O. The van der Waals surface area contributed by atoms with E-state index in [1.54, 1.807) is 23.2 Å². The average molecular weight is 501 g/mol. The monoisotopic (exact) mass is 500 g/mol. The highest BCUT2D eigenvalue weighted by Crippen LogP contribution is 2.26. The van der Waals surface area contributed by atoms with Gasteiger partial charge in [-0.2, -0.15) is 0 Å². The second kappa shape index (κ2) is 12.7. The van der Waals surface area contributed by atoms with E-state index in [1.807, 2.05) is 54.6 Å². The van der Waals surface area contributed by atoms with Crippen molar-refractivity contribution in [1.29, 1.82) is 0 Å². The number of aromatic nitrogens is 1. The van der Waals surface area contributed by atoms with Gasteiger partial charge in [-0.3, -0.25) is 19.4 Å². The molecule has 0 aliphatic carbocycles. The number of unbranched alkanes of at least 4 members (excludes halogenated alkanes) is 1. The highest BCUT2D eigenvalue weighted by atomic mass is 16.4. The zero-order chi connectivity index (χ0) is 26.0. The number of fused-ring (bicyclic) bond motifs is 1. The third kappa shape index (κ3) is 7.39. The van der Waals surface area contributed by atoms with Gasteiger partial charge in [-0.1, -0.05) is 42.5 Å². The number of rotatable bonds is 11. The van der Waals surface area contributed by atoms with E-state index >= 15 is 0 Å². The van der Waals surface area contributed by atoms with Crippen LogP contribution in [-0.4, -0.2) is 51.9 Å². The number of anilines is 1. The van der Waals surface area contributed by atoms with E-state index in [1.165, 1.54) is 0 Å². The summed E-state index contributed by atoms with van der Waals surface area (Å²) in [4.78, 5) is 43.5. The van der Waals surface area contributed by atoms with Crippen molar-refractivity contribution in [2.75, 3.05) is 18.4 Å². The van der Waals surface area contributed by atoms with Crippen LogP contribution in [0.4, 0.5) is 5.69 Å². The van der Waals surface area contributed by atoms with Crippen molar-refractivity contribution in [3.8, 4) is 0 Å². The fourth-order valence-corrected chi connectivity index (χ4v) is 4.44. The Kier molecular flexibility index (Phi) is 8.86. The number of hydrogen-bond acceptors (Lipinski definition) is 5. The van der Waals surface area contributed by atoms with Gasteiger partial charge in [-0.15, -0.1) is 0 Å². The summed E-state index contributed by atoms with van der Waals surface area (Å²) in [5, 5.41) is 15.4. The first kappa shape index (κ1) is 25.9. The summed E-state index contributed by atoms with van der Waals surface area (Å²) in [6.45, 7) is 1.37. The van der Waals surface area contributed by atoms with Gasteiger partial charge in [0.1, 0.15) is 6.04 Å². The Balaban J connectivity index is 1.39. The van der Waals surface area contributed by atoms with E-state index in [9.17, 15) is 19.5 Å². The maximum atomic E-state index is 13.2. The zero-order valence-corrected chi connectivity index (χ0v) is 20.7. The van der Waals surface area contributed by atoms with Crippen LogP contribution >= 0.6 is 0 Å². The summed E-state index contributed by atoms with van der Waals surface area (Å²) in [6.07, 6.45) is 4.72. The summed E-state index contributed by atoms with van der Waals surface area (Å²) in [5.41, 5.74) is 4.07. The van der Waals surface area contributed by atoms with Gasteiger partial charge < -0.3 is 20.6 Å². The molecule has 0 radical (unpaired) electrons. The minimum absolute atomic E-state index is 0.200. The summed E-state index contributed by atoms with van der Waals surface area (Å²) in [5.74, 6) is -1.51. The molecule has 37 heavy (non-hydrogen) atoms. The van der Waals surface area contributed by atoms with E-state index in [0.717, 1.165) is 36.1 Å². The fourth-order valence-electron chi connectivity index (χ4n) is 4.44. The van der Waals surface area contributed by atoms with Crippen LogP contribution in [0.2, 0.25) is 0 Å². The molecule has 8 nitrogen and oxygen atoms in total. The Bertz CT molecular complexity index is 1220. The quantitative estimate of drug-likeness (QED) is 0.347. The second-order valence-electron chi connectivity index (χ2n) is 9.20. The molecule has 1 atom stereocenters. The van der Waals surface area contributed by atoms with E-state index in [4.69, 9.17) is 0 Å². The molecule has 0 fully saturated rings. The Morgan fingerprint density at radius 1 is 1.03 bits per heavy atom. The molecule has 8 heteroatoms. The normalized spacial score (nSPS) is 14.9. The van der Waals surface area contributed by atoms with Crippen molar-refractivity contribution in [2.24, 2.45) is 0 Å². The van der Waals surface area contributed by atoms with Gasteiger partial charge >= 0.3 is 5.97 Å². The minimum atomic E-state index is -1.06. The number of amides is 2. The van der Waals surface area contributed by atoms with Crippen LogP contribution in [-0.2, 0) is 29.0 Å². The van der Waals surface area contributed by atoms with Gasteiger partial charge in [0.05, 0.1) is 6.42 Å². The highest BCUT2D eigenvalue weighted by molar-refractivity contribution is 5.96. The van der Waals surface area contributed by atoms with Crippen molar-refractivity contribution in [3.63, 3.8) is 0 Å². The molecule has 0 unspecified atom stereocenters. The molecular weight excluding hydrogens is 468 g/mol. The van der Waals surface area contributed by atoms with Gasteiger partial charge in [0.2, 0.25) is 5.91 Å². The molecule has 3 N–H and O–H groups in total. The zero-order valence-electron chi connectivity index (χ0n) is 20.7. The van der Waals surface area contributed by atoms with Crippen molar-refractivity contribution in [3.05, 3.63) is 95.3 Å². The Morgan fingerprint density at radius 3 is 2.59 bits per heavy atom. The Hall–Kier alpha value is -4.20. The third-order valence-corrected chi connectivity index (χ3v) is 6.44. The standard InChI is InChI=1S/C29H32N4O4/c34-27(35)19-26-29(37)33(17-14-21-8-2-1-3-9-21)20-23-13-12-22(18-25(23)32-26)28(36)31-16-7-5-11-24-10-4-6-15-30-24/h1-4,6,8-10,12-13,15,18,26,32H,5,7,11,14,16-17,19-20H2,(H,31,36)(H,34,35)/t26-/m1/s1. The molecule has 3 aromatic rings. The molecule has 1 aliphatic heterocycles. The number of aryl methyl sites for hydroxylation is 1. The maximum absolute atomic E-state index is 13.2. The topological polar surface area (TPSA) is 112 Å². The van der Waals surface area contributed by atoms with E-state index < -0.39 is 12.0 Å². The number of benzene rings is 2. The average Bonchev–Trinajstić information content (AvgIpc) is 3.03. The van der Waals surface area contributed by atoms with E-state index in [2.05, 4.69) is 15.6 Å². The number of nitrogens with one attached hydrogen (secondary N) is 2. The first-order valence-electron chi connectivity index (χ1n) is 12.6. The van der Waals surface area contributed by atoms with Crippen molar-refractivity contribution in [1.82, 2.24) is 15.2 Å². The molecule has 2 heterocycles. The number of nitrogens with zero attached hydrogens (tertiary/aromatic N) is 2. The Morgan fingerprint density at radius 2 is 1.84 bits per heavy atom. The van der Waals surface area contributed by atoms with E-state index in [0.29, 0.717) is 37.3 Å². The number of carbonyl (C=O) groups excluding carboxylic acids is 2. The summed E-state index contributed by atoms with van der Waals surface area (Å²) in [7, 11) is 0. The smallest absolute Gasteiger partial charge is 0.305 e. The van der Waals surface area contributed by atoms with Crippen molar-refractivity contribution in [2.45, 2.75) is 44.7 Å². The van der Waals surface area contributed by atoms with Crippen LogP contribution in [0.3, 0.4) is 0 Å². The van der Waals surface area contributed by atoms with Crippen LogP contribution in [0.25, 0.3) is 0 Å². The van der Waals surface area contributed by atoms with E-state index in [-0.39, 0.29) is 18.2 Å². The number of pyridine rings is 1. The van der Waals surface area contributed by atoms with Gasteiger partial charge in [-0.25, -0.2) is 0 Å². The lowest BCUT2D eigenvalue weighted by Crippen LogP contribution is -2.42. The van der Waals surface area contributed by atoms with Crippen LogP contribution in [0.1, 0.15) is 46.4 Å². The molecule has 0 saturated carbocycles. The summed E-state index contributed by atoms with van der Waals surface area (Å²) in [6, 6.07) is 20.1. The molecule has 1 aromatic heterocycles. The molecule has 2 aromatic carbocycles. The van der Waals surface area contributed by atoms with Crippen LogP contribution in [0.15, 0.2) is 72.9 Å². The predicted octanol–water partition coefficient (Wildman–Crippen LogP) is 3.67. The molecule has 192 valence electrons.